The van der Waals surface area contributed by atoms with Gasteiger partial charge < -0.3 is 9.64 Å². The fourth-order valence-electron chi connectivity index (χ4n) is 3.01. The molecule has 0 spiro atoms. The van der Waals surface area contributed by atoms with Crippen LogP contribution in [0.2, 0.25) is 0 Å². The number of amides is 1. The van der Waals surface area contributed by atoms with Gasteiger partial charge in [0.1, 0.15) is 6.10 Å². The lowest BCUT2D eigenvalue weighted by molar-refractivity contribution is -0.133. The minimum atomic E-state index is -3.46. The maximum Gasteiger partial charge on any atom is 0.233 e. The Bertz CT molecular complexity index is 870. The van der Waals surface area contributed by atoms with Crippen molar-refractivity contribution in [2.45, 2.75) is 37.2 Å². The highest BCUT2D eigenvalue weighted by Crippen LogP contribution is 2.18. The van der Waals surface area contributed by atoms with E-state index in [-0.39, 0.29) is 29.1 Å². The van der Waals surface area contributed by atoms with Crippen molar-refractivity contribution in [3.05, 3.63) is 48.2 Å². The maximum absolute atomic E-state index is 12.5. The molecular formula is C19H23N3O4S. The molecule has 1 atom stereocenters. The SMILES string of the molecule is Cc1ccc(O[C@@H]2CCCN(C(=O)CCS(=O)(=O)c3ccccc3)C2)nn1. The van der Waals surface area contributed by atoms with Crippen LogP contribution in [0.3, 0.4) is 0 Å². The summed E-state index contributed by atoms with van der Waals surface area (Å²) in [5.74, 6) is 0.0748. The number of hydrogen-bond acceptors (Lipinski definition) is 6. The summed E-state index contributed by atoms with van der Waals surface area (Å²) in [6.07, 6.45) is 1.43. The van der Waals surface area contributed by atoms with E-state index in [4.69, 9.17) is 4.74 Å². The highest BCUT2D eigenvalue weighted by atomic mass is 32.2. The van der Waals surface area contributed by atoms with Crippen LogP contribution >= 0.6 is 0 Å². The van der Waals surface area contributed by atoms with Crippen LogP contribution in [0.1, 0.15) is 25.0 Å². The van der Waals surface area contributed by atoms with Crippen LogP contribution in [0.5, 0.6) is 5.88 Å². The number of ether oxygens (including phenoxy) is 1. The van der Waals surface area contributed by atoms with Crippen molar-refractivity contribution in [2.24, 2.45) is 0 Å². The molecule has 0 N–H and O–H groups in total. The highest BCUT2D eigenvalue weighted by molar-refractivity contribution is 7.91. The van der Waals surface area contributed by atoms with E-state index in [1.165, 1.54) is 0 Å². The Kier molecular flexibility index (Phi) is 6.05. The van der Waals surface area contributed by atoms with Crippen molar-refractivity contribution >= 4 is 15.7 Å². The summed E-state index contributed by atoms with van der Waals surface area (Å²) in [5.41, 5.74) is 0.808. The van der Waals surface area contributed by atoms with Gasteiger partial charge >= 0.3 is 0 Å². The summed E-state index contributed by atoms with van der Waals surface area (Å²) in [6, 6.07) is 11.8. The molecule has 1 aromatic heterocycles. The minimum Gasteiger partial charge on any atom is -0.471 e. The number of likely N-dealkylation sites (tertiary alicyclic amines) is 1. The van der Waals surface area contributed by atoms with Crippen LogP contribution in [0.25, 0.3) is 0 Å². The zero-order valence-electron chi connectivity index (χ0n) is 15.2. The first-order valence-corrected chi connectivity index (χ1v) is 10.6. The Morgan fingerprint density at radius 2 is 1.96 bits per heavy atom. The molecule has 1 aliphatic heterocycles. The monoisotopic (exact) mass is 389 g/mol. The van der Waals surface area contributed by atoms with Crippen LogP contribution in [0.15, 0.2) is 47.4 Å². The highest BCUT2D eigenvalue weighted by Gasteiger charge is 2.26. The van der Waals surface area contributed by atoms with Crippen LogP contribution in [-0.2, 0) is 14.6 Å². The molecule has 0 saturated carbocycles. The first-order valence-electron chi connectivity index (χ1n) is 8.96. The van der Waals surface area contributed by atoms with E-state index < -0.39 is 9.84 Å². The summed E-state index contributed by atoms with van der Waals surface area (Å²) in [7, 11) is -3.46. The molecule has 0 radical (unpaired) electrons. The predicted octanol–water partition coefficient (Wildman–Crippen LogP) is 2.02. The molecule has 1 fully saturated rings. The number of aryl methyl sites for hydroxylation is 1. The van der Waals surface area contributed by atoms with Crippen molar-refractivity contribution in [2.75, 3.05) is 18.8 Å². The smallest absolute Gasteiger partial charge is 0.233 e. The van der Waals surface area contributed by atoms with Crippen LogP contribution < -0.4 is 4.74 Å². The van der Waals surface area contributed by atoms with Gasteiger partial charge in [0.05, 0.1) is 22.9 Å². The van der Waals surface area contributed by atoms with E-state index in [0.717, 1.165) is 18.5 Å². The Labute approximate surface area is 159 Å². The number of carbonyl (C=O) groups is 1. The van der Waals surface area contributed by atoms with Crippen LogP contribution in [0.4, 0.5) is 0 Å². The molecule has 2 heterocycles. The Hall–Kier alpha value is -2.48. The first kappa shape index (κ1) is 19.3. The van der Waals surface area contributed by atoms with E-state index >= 15 is 0 Å². The third kappa shape index (κ3) is 5.26. The summed E-state index contributed by atoms with van der Waals surface area (Å²) < 4.78 is 30.5. The summed E-state index contributed by atoms with van der Waals surface area (Å²) >= 11 is 0. The van der Waals surface area contributed by atoms with Crippen molar-refractivity contribution in [1.82, 2.24) is 15.1 Å². The van der Waals surface area contributed by atoms with E-state index in [0.29, 0.717) is 19.0 Å². The zero-order chi connectivity index (χ0) is 19.3. The van der Waals surface area contributed by atoms with E-state index in [1.54, 1.807) is 41.3 Å². The number of nitrogens with zero attached hydrogens (tertiary/aromatic N) is 3. The van der Waals surface area contributed by atoms with Gasteiger partial charge in [0.2, 0.25) is 11.8 Å². The minimum absolute atomic E-state index is 0.0334. The van der Waals surface area contributed by atoms with Crippen LogP contribution in [-0.4, -0.2) is 54.4 Å². The third-order valence-electron chi connectivity index (χ3n) is 4.48. The Balaban J connectivity index is 1.54. The quantitative estimate of drug-likeness (QED) is 0.751. The molecule has 1 saturated heterocycles. The topological polar surface area (TPSA) is 89.5 Å². The van der Waals surface area contributed by atoms with E-state index in [1.807, 2.05) is 13.0 Å². The summed E-state index contributed by atoms with van der Waals surface area (Å²) in [6.45, 7) is 2.89. The fraction of sp³-hybridized carbons (Fsp3) is 0.421. The van der Waals surface area contributed by atoms with E-state index in [9.17, 15) is 13.2 Å². The molecule has 0 bridgehead atoms. The van der Waals surface area contributed by atoms with Crippen LogP contribution in [0, 0.1) is 6.92 Å². The normalized spacial score (nSPS) is 17.5. The second kappa shape index (κ2) is 8.47. The maximum atomic E-state index is 12.5. The van der Waals surface area contributed by atoms with Gasteiger partial charge in [-0.15, -0.1) is 5.10 Å². The lowest BCUT2D eigenvalue weighted by Gasteiger charge is -2.32. The lowest BCUT2D eigenvalue weighted by Crippen LogP contribution is -2.44. The predicted molar refractivity (Wildman–Crippen MR) is 100 cm³/mol. The molecule has 3 rings (SSSR count). The van der Waals surface area contributed by atoms with Gasteiger partial charge in [-0.3, -0.25) is 4.79 Å². The molecular weight excluding hydrogens is 366 g/mol. The fourth-order valence-corrected chi connectivity index (χ4v) is 4.26. The molecule has 1 amide bonds. The number of rotatable bonds is 6. The third-order valence-corrected chi connectivity index (χ3v) is 6.21. The number of benzene rings is 1. The van der Waals surface area contributed by atoms with Crippen molar-refractivity contribution < 1.29 is 17.9 Å². The largest absolute Gasteiger partial charge is 0.471 e. The molecule has 144 valence electrons. The molecule has 8 heteroatoms. The lowest BCUT2D eigenvalue weighted by atomic mass is 10.1. The van der Waals surface area contributed by atoms with E-state index in [2.05, 4.69) is 10.2 Å². The van der Waals surface area contributed by atoms with Gasteiger partial charge in [-0.25, -0.2) is 8.42 Å². The second-order valence-corrected chi connectivity index (χ2v) is 8.73. The molecule has 27 heavy (non-hydrogen) atoms. The standard InChI is InChI=1S/C19H23N3O4S/c1-15-9-10-18(21-20-15)26-16-6-5-12-22(14-16)19(23)11-13-27(24,25)17-7-3-2-4-8-17/h2-4,7-10,16H,5-6,11-14H2,1H3/t16-/m1/s1. The Morgan fingerprint density at radius 1 is 1.19 bits per heavy atom. The van der Waals surface area contributed by atoms with Gasteiger partial charge in [-0.2, -0.15) is 5.10 Å². The van der Waals surface area contributed by atoms with Gasteiger partial charge in [0, 0.05) is 19.0 Å². The number of hydrogen-bond donors (Lipinski definition) is 0. The first-order chi connectivity index (χ1) is 12.9. The average Bonchev–Trinajstić information content (AvgIpc) is 2.69. The average molecular weight is 389 g/mol. The van der Waals surface area contributed by atoms with Crippen molar-refractivity contribution in [3.8, 4) is 5.88 Å². The van der Waals surface area contributed by atoms with Gasteiger partial charge in [0.25, 0.3) is 0 Å². The van der Waals surface area contributed by atoms with Gasteiger partial charge in [-0.05, 0) is 38.0 Å². The zero-order valence-corrected chi connectivity index (χ0v) is 16.1. The molecule has 7 nitrogen and oxygen atoms in total. The Morgan fingerprint density at radius 3 is 2.67 bits per heavy atom. The number of carbonyl (C=O) groups excluding carboxylic acids is 1. The second-order valence-electron chi connectivity index (χ2n) is 6.62. The summed E-state index contributed by atoms with van der Waals surface area (Å²) in [5, 5.41) is 7.95. The molecule has 1 aliphatic rings. The van der Waals surface area contributed by atoms with Gasteiger partial charge in [0.15, 0.2) is 9.84 Å². The molecule has 0 unspecified atom stereocenters. The van der Waals surface area contributed by atoms with Crippen molar-refractivity contribution in [1.29, 1.82) is 0 Å². The molecule has 0 aliphatic carbocycles. The number of piperidine rings is 1. The summed E-state index contributed by atoms with van der Waals surface area (Å²) in [4.78, 5) is 14.4. The number of aromatic nitrogens is 2. The molecule has 2 aromatic rings. The van der Waals surface area contributed by atoms with Crippen molar-refractivity contribution in [3.63, 3.8) is 0 Å². The number of sulfone groups is 1. The molecule has 1 aromatic carbocycles. The van der Waals surface area contributed by atoms with Gasteiger partial charge in [-0.1, -0.05) is 18.2 Å².